The van der Waals surface area contributed by atoms with Crippen molar-refractivity contribution in [3.8, 4) is 0 Å². The van der Waals surface area contributed by atoms with Gasteiger partial charge in [-0.05, 0) is 37.0 Å². The number of aliphatic imine (C=N–C) groups is 1. The average molecular weight is 476 g/mol. The smallest absolute Gasteiger partial charge is 0.230 e. The minimum absolute atomic E-state index is 0. The molecule has 1 fully saturated rings. The Bertz CT molecular complexity index is 615. The van der Waals surface area contributed by atoms with Gasteiger partial charge >= 0.3 is 0 Å². The van der Waals surface area contributed by atoms with Gasteiger partial charge in [0.25, 0.3) is 0 Å². The van der Waals surface area contributed by atoms with Crippen LogP contribution in [0.2, 0.25) is 0 Å². The van der Waals surface area contributed by atoms with E-state index in [0.717, 1.165) is 31.2 Å². The zero-order valence-corrected chi connectivity index (χ0v) is 18.2. The lowest BCUT2D eigenvalue weighted by Crippen LogP contribution is -2.49. The van der Waals surface area contributed by atoms with Crippen LogP contribution < -0.4 is 10.6 Å². The van der Waals surface area contributed by atoms with Crippen molar-refractivity contribution in [2.45, 2.75) is 32.1 Å². The first kappa shape index (κ1) is 22.7. The predicted molar refractivity (Wildman–Crippen MR) is 114 cm³/mol. The van der Waals surface area contributed by atoms with Crippen LogP contribution in [-0.4, -0.2) is 51.0 Å². The van der Waals surface area contributed by atoms with Gasteiger partial charge in [0.1, 0.15) is 5.82 Å². The molecule has 1 aromatic rings. The third-order valence-corrected chi connectivity index (χ3v) is 4.83. The molecule has 0 bridgehead atoms. The average Bonchev–Trinajstić information content (AvgIpc) is 3.07. The molecular weight excluding hydrogens is 446 g/mol. The Morgan fingerprint density at radius 2 is 1.96 bits per heavy atom. The van der Waals surface area contributed by atoms with E-state index >= 15 is 0 Å². The molecule has 1 amide bonds. The van der Waals surface area contributed by atoms with Crippen molar-refractivity contribution in [2.75, 3.05) is 34.2 Å². The van der Waals surface area contributed by atoms with Gasteiger partial charge in [0, 0.05) is 34.2 Å². The summed E-state index contributed by atoms with van der Waals surface area (Å²) < 4.78 is 13.2. The second-order valence-electron chi connectivity index (χ2n) is 6.92. The lowest BCUT2D eigenvalue weighted by molar-refractivity contribution is -0.138. The molecule has 0 aromatic heterocycles. The summed E-state index contributed by atoms with van der Waals surface area (Å²) in [6.45, 7) is 1.24. The van der Waals surface area contributed by atoms with Gasteiger partial charge in [0.05, 0.1) is 5.41 Å². The lowest BCUT2D eigenvalue weighted by Gasteiger charge is -2.31. The van der Waals surface area contributed by atoms with Crippen LogP contribution in [0.3, 0.4) is 0 Å². The maximum Gasteiger partial charge on any atom is 0.230 e. The summed E-state index contributed by atoms with van der Waals surface area (Å²) in [5.74, 6) is 0.646. The zero-order valence-electron chi connectivity index (χ0n) is 15.8. The second-order valence-corrected chi connectivity index (χ2v) is 6.92. The van der Waals surface area contributed by atoms with E-state index in [-0.39, 0.29) is 41.1 Å². The van der Waals surface area contributed by atoms with Crippen molar-refractivity contribution >= 4 is 35.8 Å². The third-order valence-electron chi connectivity index (χ3n) is 4.83. The Labute approximate surface area is 172 Å². The third kappa shape index (κ3) is 6.10. The fraction of sp³-hybridized carbons (Fsp3) is 0.579. The lowest BCUT2D eigenvalue weighted by atomic mass is 9.84. The molecule has 26 heavy (non-hydrogen) atoms. The molecule has 146 valence electrons. The molecule has 1 saturated carbocycles. The summed E-state index contributed by atoms with van der Waals surface area (Å²) in [6, 6.07) is 6.61. The Balaban J connectivity index is 0.00000338. The topological polar surface area (TPSA) is 56.7 Å². The molecule has 0 saturated heterocycles. The van der Waals surface area contributed by atoms with E-state index < -0.39 is 0 Å². The number of nitrogens with zero attached hydrogens (tertiary/aromatic N) is 2. The van der Waals surface area contributed by atoms with Crippen molar-refractivity contribution in [3.63, 3.8) is 0 Å². The normalized spacial score (nSPS) is 15.9. The molecule has 0 aliphatic heterocycles. The molecule has 0 spiro atoms. The van der Waals surface area contributed by atoms with E-state index in [0.29, 0.717) is 25.5 Å². The standard InChI is InChI=1S/C19H29FN4O.HI/c1-21-18(22-12-9-15-7-6-8-16(20)13-15)23-14-19(10-4-5-11-19)17(25)24(2)3;/h6-8,13H,4-5,9-12,14H2,1-3H3,(H2,21,22,23);1H. The van der Waals surface area contributed by atoms with E-state index in [1.54, 1.807) is 24.1 Å². The van der Waals surface area contributed by atoms with Crippen LogP contribution in [0.25, 0.3) is 0 Å². The minimum Gasteiger partial charge on any atom is -0.356 e. The van der Waals surface area contributed by atoms with Crippen LogP contribution in [0.4, 0.5) is 4.39 Å². The molecule has 2 rings (SSSR count). The number of hydrogen-bond acceptors (Lipinski definition) is 2. The molecule has 7 heteroatoms. The first-order valence-electron chi connectivity index (χ1n) is 8.87. The van der Waals surface area contributed by atoms with Gasteiger partial charge in [0.2, 0.25) is 5.91 Å². The highest BCUT2D eigenvalue weighted by Crippen LogP contribution is 2.38. The number of nitrogens with one attached hydrogen (secondary N) is 2. The van der Waals surface area contributed by atoms with Crippen LogP contribution in [0.15, 0.2) is 29.3 Å². The maximum absolute atomic E-state index is 13.2. The molecule has 0 radical (unpaired) electrons. The number of carbonyl (C=O) groups excluding carboxylic acids is 1. The first-order valence-corrected chi connectivity index (χ1v) is 8.87. The van der Waals surface area contributed by atoms with E-state index in [9.17, 15) is 9.18 Å². The van der Waals surface area contributed by atoms with Crippen LogP contribution >= 0.6 is 24.0 Å². The number of rotatable bonds is 6. The minimum atomic E-state index is -0.330. The molecule has 0 unspecified atom stereocenters. The van der Waals surface area contributed by atoms with Gasteiger partial charge in [-0.15, -0.1) is 24.0 Å². The van der Waals surface area contributed by atoms with Crippen molar-refractivity contribution in [1.29, 1.82) is 0 Å². The zero-order chi connectivity index (χ0) is 18.3. The van der Waals surface area contributed by atoms with Crippen molar-refractivity contribution < 1.29 is 9.18 Å². The van der Waals surface area contributed by atoms with E-state index in [1.165, 1.54) is 6.07 Å². The quantitative estimate of drug-likeness (QED) is 0.377. The fourth-order valence-corrected chi connectivity index (χ4v) is 3.48. The predicted octanol–water partition coefficient (Wildman–Crippen LogP) is 2.80. The van der Waals surface area contributed by atoms with Gasteiger partial charge in [-0.2, -0.15) is 0 Å². The fourth-order valence-electron chi connectivity index (χ4n) is 3.48. The maximum atomic E-state index is 13.2. The molecule has 1 aliphatic carbocycles. The van der Waals surface area contributed by atoms with Gasteiger partial charge in [-0.3, -0.25) is 9.79 Å². The largest absolute Gasteiger partial charge is 0.356 e. The molecule has 5 nitrogen and oxygen atoms in total. The molecule has 1 aromatic carbocycles. The molecular formula is C19H30FIN4O. The number of carbonyl (C=O) groups is 1. The number of benzene rings is 1. The van der Waals surface area contributed by atoms with E-state index in [2.05, 4.69) is 15.6 Å². The molecule has 2 N–H and O–H groups in total. The monoisotopic (exact) mass is 476 g/mol. The van der Waals surface area contributed by atoms with Gasteiger partial charge in [-0.1, -0.05) is 25.0 Å². The molecule has 0 heterocycles. The molecule has 0 atom stereocenters. The van der Waals surface area contributed by atoms with Crippen molar-refractivity contribution in [1.82, 2.24) is 15.5 Å². The Morgan fingerprint density at radius 1 is 1.27 bits per heavy atom. The number of hydrogen-bond donors (Lipinski definition) is 2. The van der Waals surface area contributed by atoms with E-state index in [4.69, 9.17) is 0 Å². The van der Waals surface area contributed by atoms with Gasteiger partial charge < -0.3 is 15.5 Å². The van der Waals surface area contributed by atoms with Crippen LogP contribution in [0.5, 0.6) is 0 Å². The second kappa shape index (κ2) is 10.7. The number of guanidine groups is 1. The Kier molecular flexibility index (Phi) is 9.32. The summed E-state index contributed by atoms with van der Waals surface area (Å²) in [4.78, 5) is 18.5. The number of halogens is 2. The highest BCUT2D eigenvalue weighted by Gasteiger charge is 2.42. The Morgan fingerprint density at radius 3 is 2.54 bits per heavy atom. The van der Waals surface area contributed by atoms with Gasteiger partial charge in [0.15, 0.2) is 5.96 Å². The highest BCUT2D eigenvalue weighted by atomic mass is 127. The molecule has 1 aliphatic rings. The highest BCUT2D eigenvalue weighted by molar-refractivity contribution is 14.0. The summed E-state index contributed by atoms with van der Waals surface area (Å²) in [5.41, 5.74) is 0.613. The van der Waals surface area contributed by atoms with Crippen LogP contribution in [0.1, 0.15) is 31.2 Å². The Hall–Kier alpha value is -1.38. The first-order chi connectivity index (χ1) is 12.0. The summed E-state index contributed by atoms with van der Waals surface area (Å²) in [7, 11) is 5.34. The van der Waals surface area contributed by atoms with Crippen LogP contribution in [-0.2, 0) is 11.2 Å². The number of amides is 1. The summed E-state index contributed by atoms with van der Waals surface area (Å²) in [5, 5.41) is 6.54. The SMILES string of the molecule is CN=C(NCCc1cccc(F)c1)NCC1(C(=O)N(C)C)CCCC1.I. The summed E-state index contributed by atoms with van der Waals surface area (Å²) >= 11 is 0. The van der Waals surface area contributed by atoms with Crippen molar-refractivity contribution in [2.24, 2.45) is 10.4 Å². The summed E-state index contributed by atoms with van der Waals surface area (Å²) in [6.07, 6.45) is 4.72. The van der Waals surface area contributed by atoms with Crippen molar-refractivity contribution in [3.05, 3.63) is 35.6 Å². The van der Waals surface area contributed by atoms with Crippen LogP contribution in [0, 0.1) is 11.2 Å². The van der Waals surface area contributed by atoms with Gasteiger partial charge in [-0.25, -0.2) is 4.39 Å². The van der Waals surface area contributed by atoms with E-state index in [1.807, 2.05) is 20.2 Å².